The second-order valence-electron chi connectivity index (χ2n) is 5.49. The molecule has 3 N–H and O–H groups in total. The number of H-pyrrole nitrogens is 2. The highest BCUT2D eigenvalue weighted by Crippen LogP contribution is 2.15. The van der Waals surface area contributed by atoms with Gasteiger partial charge in [0.1, 0.15) is 11.4 Å². The standard InChI is InChI=1S/C17H19N5O/c1-22(2)13-7-5-12(6-8-13)11-19-17(23)16-10-15(20-21-16)14-4-3-9-18-14/h3-10,18H,11H2,1-2H3,(H,19,23)(H,20,21). The molecule has 0 spiro atoms. The molecule has 1 amide bonds. The zero-order chi connectivity index (χ0) is 16.2. The van der Waals surface area contributed by atoms with E-state index in [1.54, 1.807) is 6.07 Å². The quantitative estimate of drug-likeness (QED) is 0.677. The SMILES string of the molecule is CN(C)c1ccc(CNC(=O)c2cc(-c3ccc[nH]3)n[nH]2)cc1. The van der Waals surface area contributed by atoms with Crippen LogP contribution in [0.25, 0.3) is 11.4 Å². The second-order valence-corrected chi connectivity index (χ2v) is 5.49. The smallest absolute Gasteiger partial charge is 0.269 e. The number of amides is 1. The zero-order valence-electron chi connectivity index (χ0n) is 13.1. The highest BCUT2D eigenvalue weighted by Gasteiger charge is 2.11. The van der Waals surface area contributed by atoms with Crippen molar-refractivity contribution in [2.75, 3.05) is 19.0 Å². The molecule has 0 bridgehead atoms. The number of aromatic amines is 2. The van der Waals surface area contributed by atoms with Gasteiger partial charge >= 0.3 is 0 Å². The van der Waals surface area contributed by atoms with E-state index in [0.717, 1.165) is 22.6 Å². The van der Waals surface area contributed by atoms with E-state index in [9.17, 15) is 4.79 Å². The van der Waals surface area contributed by atoms with Crippen molar-refractivity contribution in [3.8, 4) is 11.4 Å². The zero-order valence-corrected chi connectivity index (χ0v) is 13.1. The van der Waals surface area contributed by atoms with Gasteiger partial charge in [0, 0.05) is 32.5 Å². The Morgan fingerprint density at radius 1 is 1.22 bits per heavy atom. The number of carbonyl (C=O) groups is 1. The van der Waals surface area contributed by atoms with Crippen molar-refractivity contribution in [1.29, 1.82) is 0 Å². The molecule has 118 valence electrons. The lowest BCUT2D eigenvalue weighted by Gasteiger charge is -2.12. The Kier molecular flexibility index (Phi) is 4.14. The number of nitrogens with zero attached hydrogens (tertiary/aromatic N) is 2. The fourth-order valence-corrected chi connectivity index (χ4v) is 2.26. The minimum absolute atomic E-state index is 0.174. The van der Waals surface area contributed by atoms with Crippen LogP contribution in [0.5, 0.6) is 0 Å². The molecular weight excluding hydrogens is 290 g/mol. The topological polar surface area (TPSA) is 76.8 Å². The number of hydrogen-bond donors (Lipinski definition) is 3. The van der Waals surface area contributed by atoms with Gasteiger partial charge in [-0.1, -0.05) is 12.1 Å². The van der Waals surface area contributed by atoms with E-state index in [1.165, 1.54) is 0 Å². The van der Waals surface area contributed by atoms with E-state index in [0.29, 0.717) is 12.2 Å². The van der Waals surface area contributed by atoms with Gasteiger partial charge in [0.05, 0.1) is 5.69 Å². The van der Waals surface area contributed by atoms with Crippen molar-refractivity contribution in [2.45, 2.75) is 6.54 Å². The van der Waals surface area contributed by atoms with Crippen LogP contribution < -0.4 is 10.2 Å². The normalized spacial score (nSPS) is 10.5. The number of aromatic nitrogens is 3. The predicted molar refractivity (Wildman–Crippen MR) is 90.3 cm³/mol. The van der Waals surface area contributed by atoms with Crippen molar-refractivity contribution in [3.63, 3.8) is 0 Å². The first-order valence-electron chi connectivity index (χ1n) is 7.37. The molecule has 0 fully saturated rings. The molecule has 0 aliphatic heterocycles. The maximum atomic E-state index is 12.2. The predicted octanol–water partition coefficient (Wildman–Crippen LogP) is 2.40. The van der Waals surface area contributed by atoms with Crippen LogP contribution in [0.1, 0.15) is 16.1 Å². The van der Waals surface area contributed by atoms with Crippen molar-refractivity contribution >= 4 is 11.6 Å². The summed E-state index contributed by atoms with van der Waals surface area (Å²) in [5.74, 6) is -0.174. The molecule has 6 nitrogen and oxygen atoms in total. The summed E-state index contributed by atoms with van der Waals surface area (Å²) in [4.78, 5) is 17.3. The van der Waals surface area contributed by atoms with E-state index >= 15 is 0 Å². The summed E-state index contributed by atoms with van der Waals surface area (Å²) in [7, 11) is 3.99. The third kappa shape index (κ3) is 3.42. The van der Waals surface area contributed by atoms with Gasteiger partial charge in [-0.05, 0) is 35.9 Å². The van der Waals surface area contributed by atoms with Gasteiger partial charge in [0.15, 0.2) is 0 Å². The Hall–Kier alpha value is -3.02. The van der Waals surface area contributed by atoms with Crippen LogP contribution in [0.3, 0.4) is 0 Å². The van der Waals surface area contributed by atoms with Gasteiger partial charge in [0.25, 0.3) is 5.91 Å². The first-order chi connectivity index (χ1) is 11.1. The number of rotatable bonds is 5. The van der Waals surface area contributed by atoms with Gasteiger partial charge in [-0.2, -0.15) is 5.10 Å². The number of nitrogens with one attached hydrogen (secondary N) is 3. The largest absolute Gasteiger partial charge is 0.378 e. The van der Waals surface area contributed by atoms with E-state index < -0.39 is 0 Å². The molecule has 1 aromatic carbocycles. The van der Waals surface area contributed by atoms with Crippen LogP contribution in [0.15, 0.2) is 48.7 Å². The molecular formula is C17H19N5O. The molecule has 0 saturated heterocycles. The summed E-state index contributed by atoms with van der Waals surface area (Å²) in [5, 5.41) is 9.80. The molecule has 0 aliphatic rings. The van der Waals surface area contributed by atoms with Crippen LogP contribution in [-0.2, 0) is 6.54 Å². The average molecular weight is 309 g/mol. The fraction of sp³-hybridized carbons (Fsp3) is 0.176. The maximum absolute atomic E-state index is 12.2. The fourth-order valence-electron chi connectivity index (χ4n) is 2.26. The summed E-state index contributed by atoms with van der Waals surface area (Å²) in [6, 6.07) is 13.6. The Bertz CT molecular complexity index is 772. The lowest BCUT2D eigenvalue weighted by molar-refractivity contribution is 0.0946. The maximum Gasteiger partial charge on any atom is 0.269 e. The summed E-state index contributed by atoms with van der Waals surface area (Å²) in [6.45, 7) is 0.476. The van der Waals surface area contributed by atoms with Crippen LogP contribution in [0, 0.1) is 0 Å². The highest BCUT2D eigenvalue weighted by molar-refractivity contribution is 5.93. The van der Waals surface area contributed by atoms with E-state index in [1.807, 2.05) is 61.6 Å². The van der Waals surface area contributed by atoms with E-state index in [4.69, 9.17) is 0 Å². The monoisotopic (exact) mass is 309 g/mol. The molecule has 2 aromatic heterocycles. The second kappa shape index (κ2) is 6.39. The third-order valence-corrected chi connectivity index (χ3v) is 3.60. The van der Waals surface area contributed by atoms with E-state index in [-0.39, 0.29) is 5.91 Å². The number of benzene rings is 1. The summed E-state index contributed by atoms with van der Waals surface area (Å²) in [6.07, 6.45) is 1.82. The molecule has 6 heteroatoms. The van der Waals surface area contributed by atoms with Crippen LogP contribution in [-0.4, -0.2) is 35.2 Å². The molecule has 3 aromatic rings. The van der Waals surface area contributed by atoms with Crippen molar-refractivity contribution in [3.05, 3.63) is 59.9 Å². The Morgan fingerprint density at radius 3 is 2.65 bits per heavy atom. The minimum Gasteiger partial charge on any atom is -0.378 e. The minimum atomic E-state index is -0.174. The lowest BCUT2D eigenvalue weighted by atomic mass is 10.2. The van der Waals surface area contributed by atoms with Gasteiger partial charge in [-0.3, -0.25) is 9.89 Å². The van der Waals surface area contributed by atoms with Crippen molar-refractivity contribution in [2.24, 2.45) is 0 Å². The molecule has 0 radical (unpaired) electrons. The molecule has 0 aliphatic carbocycles. The van der Waals surface area contributed by atoms with Gasteiger partial charge < -0.3 is 15.2 Å². The van der Waals surface area contributed by atoms with Gasteiger partial charge in [-0.15, -0.1) is 0 Å². The third-order valence-electron chi connectivity index (χ3n) is 3.60. The summed E-state index contributed by atoms with van der Waals surface area (Å²) in [5.41, 5.74) is 4.21. The van der Waals surface area contributed by atoms with Crippen molar-refractivity contribution in [1.82, 2.24) is 20.5 Å². The number of carbonyl (C=O) groups excluding carboxylic acids is 1. The summed E-state index contributed by atoms with van der Waals surface area (Å²) < 4.78 is 0. The Balaban J connectivity index is 1.61. The van der Waals surface area contributed by atoms with Crippen molar-refractivity contribution < 1.29 is 4.79 Å². The number of anilines is 1. The summed E-state index contributed by atoms with van der Waals surface area (Å²) >= 11 is 0. The van der Waals surface area contributed by atoms with Gasteiger partial charge in [-0.25, -0.2) is 0 Å². The molecule has 23 heavy (non-hydrogen) atoms. The van der Waals surface area contributed by atoms with Gasteiger partial charge in [0.2, 0.25) is 0 Å². The molecule has 0 unspecified atom stereocenters. The first-order valence-corrected chi connectivity index (χ1v) is 7.37. The molecule has 2 heterocycles. The molecule has 0 atom stereocenters. The molecule has 3 rings (SSSR count). The average Bonchev–Trinajstić information content (AvgIpc) is 3.23. The van der Waals surface area contributed by atoms with Crippen LogP contribution in [0.4, 0.5) is 5.69 Å². The first kappa shape index (κ1) is 14.9. The lowest BCUT2D eigenvalue weighted by Crippen LogP contribution is -2.23. The molecule has 0 saturated carbocycles. The highest BCUT2D eigenvalue weighted by atomic mass is 16.1. The number of hydrogen-bond acceptors (Lipinski definition) is 3. The Labute approximate surface area is 134 Å². The van der Waals surface area contributed by atoms with Crippen LogP contribution in [0.2, 0.25) is 0 Å². The van der Waals surface area contributed by atoms with Crippen LogP contribution >= 0.6 is 0 Å². The van der Waals surface area contributed by atoms with E-state index in [2.05, 4.69) is 20.5 Å². The Morgan fingerprint density at radius 2 is 2.00 bits per heavy atom.